The van der Waals surface area contributed by atoms with E-state index in [1.165, 1.54) is 38.5 Å². The molecule has 1 unspecified atom stereocenters. The molecule has 0 saturated carbocycles. The Hall–Kier alpha value is -0.700. The molecule has 0 bridgehead atoms. The summed E-state index contributed by atoms with van der Waals surface area (Å²) < 4.78 is 25.9. The van der Waals surface area contributed by atoms with Crippen LogP contribution < -0.4 is 0 Å². The van der Waals surface area contributed by atoms with Crippen molar-refractivity contribution >= 4 is 16.1 Å². The van der Waals surface area contributed by atoms with E-state index in [9.17, 15) is 13.2 Å². The van der Waals surface area contributed by atoms with Crippen LogP contribution in [0.4, 0.5) is 0 Å². The molecule has 140 valence electrons. The quantitative estimate of drug-likeness (QED) is 0.254. The van der Waals surface area contributed by atoms with Crippen molar-refractivity contribution in [3.8, 4) is 0 Å². The fourth-order valence-corrected chi connectivity index (χ4v) is 2.12. The van der Waals surface area contributed by atoms with Crippen LogP contribution in [0.15, 0.2) is 0 Å². The van der Waals surface area contributed by atoms with Gasteiger partial charge in [-0.1, -0.05) is 58.3 Å². The third-order valence-electron chi connectivity index (χ3n) is 3.32. The molecule has 0 aromatic rings. The molecular formula is C15H33NO6S. The Balaban J connectivity index is 0. The summed E-state index contributed by atoms with van der Waals surface area (Å²) in [6.07, 6.45) is 11.4. The van der Waals surface area contributed by atoms with Gasteiger partial charge in [-0.05, 0) is 20.5 Å². The molecule has 1 atom stereocenters. The maximum atomic E-state index is 11.3. The normalized spacial score (nSPS) is 12.5. The van der Waals surface area contributed by atoms with E-state index in [0.717, 1.165) is 19.3 Å². The standard InChI is InChI=1S/C14H29NO3.CH4O3S/c1-4-5-6-7-8-9-10-11-12-13(15(2)3)14(16)18-17;1-5(2,3)4/h13,17H,4-12H2,1-3H3;1H3,(H,2,3,4). The van der Waals surface area contributed by atoms with Crippen LogP contribution in [-0.2, 0) is 19.8 Å². The number of carbonyl (C=O) groups is 1. The van der Waals surface area contributed by atoms with Gasteiger partial charge >= 0.3 is 5.97 Å². The minimum Gasteiger partial charge on any atom is -0.299 e. The van der Waals surface area contributed by atoms with Crippen LogP contribution in [0.3, 0.4) is 0 Å². The molecule has 2 N–H and O–H groups in total. The topological polar surface area (TPSA) is 104 Å². The molecule has 23 heavy (non-hydrogen) atoms. The second-order valence-electron chi connectivity index (χ2n) is 5.89. The van der Waals surface area contributed by atoms with Crippen molar-refractivity contribution in [2.75, 3.05) is 20.4 Å². The van der Waals surface area contributed by atoms with Crippen LogP contribution in [0.2, 0.25) is 0 Å². The number of carbonyl (C=O) groups excluding carboxylic acids is 1. The van der Waals surface area contributed by atoms with Crippen molar-refractivity contribution in [3.63, 3.8) is 0 Å². The molecule has 8 heteroatoms. The first-order chi connectivity index (χ1) is 10.6. The lowest BCUT2D eigenvalue weighted by molar-refractivity contribution is -0.239. The zero-order valence-electron chi connectivity index (χ0n) is 14.8. The highest BCUT2D eigenvalue weighted by Crippen LogP contribution is 2.12. The van der Waals surface area contributed by atoms with Gasteiger partial charge in [0.1, 0.15) is 6.04 Å². The number of hydrogen-bond donors (Lipinski definition) is 2. The van der Waals surface area contributed by atoms with Crippen molar-refractivity contribution < 1.29 is 27.9 Å². The molecule has 0 rings (SSSR count). The Morgan fingerprint density at radius 3 is 1.78 bits per heavy atom. The van der Waals surface area contributed by atoms with E-state index in [1.807, 2.05) is 14.1 Å². The Morgan fingerprint density at radius 2 is 1.43 bits per heavy atom. The molecule has 0 spiro atoms. The smallest absolute Gasteiger partial charge is 0.299 e. The lowest BCUT2D eigenvalue weighted by Gasteiger charge is -2.20. The summed E-state index contributed by atoms with van der Waals surface area (Å²) in [6, 6.07) is -0.324. The van der Waals surface area contributed by atoms with Crippen LogP contribution in [0.1, 0.15) is 64.7 Å². The van der Waals surface area contributed by atoms with Crippen LogP contribution in [0.25, 0.3) is 0 Å². The fourth-order valence-electron chi connectivity index (χ4n) is 2.12. The summed E-state index contributed by atoms with van der Waals surface area (Å²) >= 11 is 0. The zero-order chi connectivity index (χ0) is 18.3. The molecule has 0 saturated heterocycles. The van der Waals surface area contributed by atoms with E-state index in [4.69, 9.17) is 9.81 Å². The van der Waals surface area contributed by atoms with Crippen molar-refractivity contribution in [3.05, 3.63) is 0 Å². The average molecular weight is 355 g/mol. The molecule has 0 aromatic carbocycles. The predicted octanol–water partition coefficient (Wildman–Crippen LogP) is 2.97. The molecule has 7 nitrogen and oxygen atoms in total. The summed E-state index contributed by atoms with van der Waals surface area (Å²) in [4.78, 5) is 16.9. The van der Waals surface area contributed by atoms with E-state index < -0.39 is 16.1 Å². The highest BCUT2D eigenvalue weighted by molar-refractivity contribution is 7.85. The average Bonchev–Trinajstić information content (AvgIpc) is 2.42. The third-order valence-corrected chi connectivity index (χ3v) is 3.32. The zero-order valence-corrected chi connectivity index (χ0v) is 15.6. The van der Waals surface area contributed by atoms with Gasteiger partial charge in [-0.15, -0.1) is 0 Å². The largest absolute Gasteiger partial charge is 0.358 e. The second-order valence-corrected chi connectivity index (χ2v) is 7.35. The Morgan fingerprint density at radius 1 is 1.04 bits per heavy atom. The van der Waals surface area contributed by atoms with Crippen molar-refractivity contribution in [1.29, 1.82) is 0 Å². The molecule has 0 aliphatic heterocycles. The molecule has 0 aromatic heterocycles. The first kappa shape index (κ1) is 24.6. The number of likely N-dealkylation sites (N-methyl/N-ethyl adjacent to an activating group) is 1. The van der Waals surface area contributed by atoms with E-state index in [-0.39, 0.29) is 6.04 Å². The van der Waals surface area contributed by atoms with Gasteiger partial charge in [0.2, 0.25) is 0 Å². The SMILES string of the molecule is CCCCCCCCCCC(C(=O)OO)N(C)C.CS(=O)(=O)O. The highest BCUT2D eigenvalue weighted by atomic mass is 32.2. The van der Waals surface area contributed by atoms with E-state index >= 15 is 0 Å². The van der Waals surface area contributed by atoms with Gasteiger partial charge in [0.15, 0.2) is 0 Å². The van der Waals surface area contributed by atoms with E-state index in [1.54, 1.807) is 4.90 Å². The molecule has 0 fully saturated rings. The molecule has 0 aliphatic carbocycles. The summed E-state index contributed by atoms with van der Waals surface area (Å²) in [7, 11) is -0.0152. The van der Waals surface area contributed by atoms with E-state index in [0.29, 0.717) is 6.26 Å². The maximum absolute atomic E-state index is 11.3. The predicted molar refractivity (Wildman–Crippen MR) is 90.9 cm³/mol. The molecule has 0 aliphatic rings. The van der Waals surface area contributed by atoms with E-state index in [2.05, 4.69) is 11.8 Å². The van der Waals surface area contributed by atoms with Crippen LogP contribution in [-0.4, -0.2) is 55.5 Å². The summed E-state index contributed by atoms with van der Waals surface area (Å²) in [6.45, 7) is 2.22. The third kappa shape index (κ3) is 21.3. The Kier molecular flexibility index (Phi) is 15.9. The first-order valence-electron chi connectivity index (χ1n) is 8.07. The van der Waals surface area contributed by atoms with Gasteiger partial charge in [0, 0.05) is 0 Å². The monoisotopic (exact) mass is 355 g/mol. The fraction of sp³-hybridized carbons (Fsp3) is 0.933. The minimum atomic E-state index is -3.67. The van der Waals surface area contributed by atoms with Gasteiger partial charge in [0.05, 0.1) is 6.26 Å². The lowest BCUT2D eigenvalue weighted by Crippen LogP contribution is -2.36. The number of unbranched alkanes of at least 4 members (excludes halogenated alkanes) is 7. The van der Waals surface area contributed by atoms with Crippen LogP contribution >= 0.6 is 0 Å². The molecule has 0 heterocycles. The minimum absolute atomic E-state index is 0.324. The maximum Gasteiger partial charge on any atom is 0.358 e. The lowest BCUT2D eigenvalue weighted by atomic mass is 10.0. The van der Waals surface area contributed by atoms with Crippen molar-refractivity contribution in [2.45, 2.75) is 70.8 Å². The number of nitrogens with zero attached hydrogens (tertiary/aromatic N) is 1. The number of rotatable bonds is 11. The summed E-state index contributed by atoms with van der Waals surface area (Å²) in [5.74, 6) is -0.553. The van der Waals surface area contributed by atoms with Gasteiger partial charge in [-0.25, -0.2) is 4.79 Å². The van der Waals surface area contributed by atoms with Gasteiger partial charge in [-0.2, -0.15) is 13.7 Å². The Labute approximate surface area is 140 Å². The second kappa shape index (κ2) is 14.9. The molecule has 0 radical (unpaired) electrons. The van der Waals surface area contributed by atoms with Crippen molar-refractivity contribution in [1.82, 2.24) is 4.90 Å². The number of hydrogen-bond acceptors (Lipinski definition) is 6. The first-order valence-corrected chi connectivity index (χ1v) is 9.92. The van der Waals surface area contributed by atoms with Crippen LogP contribution in [0.5, 0.6) is 0 Å². The summed E-state index contributed by atoms with van der Waals surface area (Å²) in [5, 5.41) is 8.40. The van der Waals surface area contributed by atoms with Gasteiger partial charge in [-0.3, -0.25) is 14.3 Å². The highest BCUT2D eigenvalue weighted by Gasteiger charge is 2.21. The summed E-state index contributed by atoms with van der Waals surface area (Å²) in [5.41, 5.74) is 0. The van der Waals surface area contributed by atoms with Gasteiger partial charge in [0.25, 0.3) is 10.1 Å². The molecular weight excluding hydrogens is 322 g/mol. The van der Waals surface area contributed by atoms with Crippen LogP contribution in [0, 0.1) is 0 Å². The van der Waals surface area contributed by atoms with Crippen molar-refractivity contribution in [2.24, 2.45) is 0 Å². The van der Waals surface area contributed by atoms with Gasteiger partial charge < -0.3 is 0 Å². The molecule has 0 amide bonds. The Bertz CT molecular complexity index is 375.